The van der Waals surface area contributed by atoms with E-state index in [4.69, 9.17) is 9.72 Å². The second-order valence-corrected chi connectivity index (χ2v) is 11.9. The van der Waals surface area contributed by atoms with Crippen molar-refractivity contribution in [1.29, 1.82) is 0 Å². The zero-order chi connectivity index (χ0) is 30.8. The minimum atomic E-state index is -4.72. The number of amides is 1. The van der Waals surface area contributed by atoms with E-state index in [2.05, 4.69) is 10.2 Å². The Morgan fingerprint density at radius 1 is 1.05 bits per heavy atom. The second kappa shape index (κ2) is 10.5. The van der Waals surface area contributed by atoms with Crippen LogP contribution in [0.1, 0.15) is 70.8 Å². The van der Waals surface area contributed by atoms with Crippen molar-refractivity contribution >= 4 is 11.7 Å². The number of carbonyl (C=O) groups excluding carboxylic acids is 1. The molecule has 2 aliphatic carbocycles. The number of benzene rings is 2. The third kappa shape index (κ3) is 5.25. The molecule has 44 heavy (non-hydrogen) atoms. The summed E-state index contributed by atoms with van der Waals surface area (Å²) in [6.07, 6.45) is 0.0482. The summed E-state index contributed by atoms with van der Waals surface area (Å²) >= 11 is 0. The molecule has 0 bridgehead atoms. The maximum Gasteiger partial charge on any atom is 0.416 e. The molecule has 3 aliphatic rings. The highest BCUT2D eigenvalue weighted by atomic mass is 19.4. The largest absolute Gasteiger partial charge is 0.416 e. The van der Waals surface area contributed by atoms with E-state index in [0.717, 1.165) is 25.3 Å². The van der Waals surface area contributed by atoms with Crippen molar-refractivity contribution < 1.29 is 31.5 Å². The monoisotopic (exact) mass is 609 g/mol. The van der Waals surface area contributed by atoms with Crippen LogP contribution in [0.5, 0.6) is 0 Å². The Labute approximate surface area is 249 Å². The molecule has 0 saturated heterocycles. The zero-order valence-electron chi connectivity index (χ0n) is 23.8. The Morgan fingerprint density at radius 2 is 1.84 bits per heavy atom. The van der Waals surface area contributed by atoms with Gasteiger partial charge in [-0.1, -0.05) is 6.07 Å². The highest BCUT2D eigenvalue weighted by Gasteiger charge is 2.42. The van der Waals surface area contributed by atoms with Crippen LogP contribution in [0.3, 0.4) is 0 Å². The van der Waals surface area contributed by atoms with Gasteiger partial charge in [-0.05, 0) is 90.8 Å². The quantitative estimate of drug-likeness (QED) is 0.199. The Balaban J connectivity index is 1.27. The second-order valence-electron chi connectivity index (χ2n) is 11.9. The molecule has 0 unspecified atom stereocenters. The predicted molar refractivity (Wildman–Crippen MR) is 151 cm³/mol. The molecule has 2 saturated carbocycles. The first-order valence-electron chi connectivity index (χ1n) is 14.5. The van der Waals surface area contributed by atoms with Crippen LogP contribution < -0.4 is 4.90 Å². The van der Waals surface area contributed by atoms with E-state index in [0.29, 0.717) is 41.1 Å². The van der Waals surface area contributed by atoms with Gasteiger partial charge in [-0.15, -0.1) is 10.2 Å². The van der Waals surface area contributed by atoms with E-state index < -0.39 is 29.1 Å². The topological polar surface area (TPSA) is 73.1 Å². The van der Waals surface area contributed by atoms with E-state index in [1.165, 1.54) is 29.4 Å². The first-order valence-corrected chi connectivity index (χ1v) is 14.5. The number of hydrogen-bond acceptors (Lipinski definition) is 5. The molecule has 2 fully saturated rings. The number of fused-ring (bicyclic) bond motifs is 1. The summed E-state index contributed by atoms with van der Waals surface area (Å²) in [5.74, 6) is -0.309. The molecule has 2 aromatic carbocycles. The van der Waals surface area contributed by atoms with Crippen molar-refractivity contribution in [3.63, 3.8) is 0 Å². The standard InChI is InChI=1S/C32H28F5N5O2/c1-41-17-38-40-29(41)23-13-21(33)5-6-22(23)20-11-27(19-3-4-19)39-28(12-20)42-14-25-24(30(42)43)9-18(10-26(25)32(35,36)37)15-44-16-31(34)7-2-8-31/h5-6,9-13,17,19H,2-4,7-8,14-16H2,1H3. The lowest BCUT2D eigenvalue weighted by Crippen LogP contribution is -2.36. The zero-order valence-corrected chi connectivity index (χ0v) is 23.8. The fraction of sp³-hybridized carbons (Fsp3) is 0.375. The Bertz CT molecular complexity index is 1780. The van der Waals surface area contributed by atoms with Crippen molar-refractivity contribution in [2.75, 3.05) is 11.5 Å². The molecular weight excluding hydrogens is 581 g/mol. The summed E-state index contributed by atoms with van der Waals surface area (Å²) < 4.78 is 78.7. The number of nitrogens with zero attached hydrogens (tertiary/aromatic N) is 5. The van der Waals surface area contributed by atoms with Crippen LogP contribution in [-0.4, -0.2) is 37.9 Å². The minimum absolute atomic E-state index is 0.0845. The van der Waals surface area contributed by atoms with E-state index in [9.17, 15) is 26.7 Å². The van der Waals surface area contributed by atoms with Gasteiger partial charge in [-0.25, -0.2) is 13.8 Å². The SMILES string of the molecule is Cn1cnnc1-c1cc(F)ccc1-c1cc(C2CC2)nc(N2Cc3c(cc(COCC4(F)CCC4)cc3C(F)(F)F)C2=O)c1. The normalized spacial score (nSPS) is 17.6. The van der Waals surface area contributed by atoms with E-state index in [-0.39, 0.29) is 48.2 Å². The van der Waals surface area contributed by atoms with Crippen LogP contribution in [0.4, 0.5) is 27.8 Å². The number of pyridine rings is 1. The highest BCUT2D eigenvalue weighted by molar-refractivity contribution is 6.10. The van der Waals surface area contributed by atoms with Crippen molar-refractivity contribution in [3.05, 3.63) is 82.6 Å². The molecule has 1 aliphatic heterocycles. The number of carbonyl (C=O) groups is 1. The Hall–Kier alpha value is -4.19. The van der Waals surface area contributed by atoms with Crippen LogP contribution in [0.2, 0.25) is 0 Å². The van der Waals surface area contributed by atoms with E-state index >= 15 is 0 Å². The van der Waals surface area contributed by atoms with Crippen LogP contribution in [-0.2, 0) is 31.1 Å². The van der Waals surface area contributed by atoms with Gasteiger partial charge >= 0.3 is 6.18 Å². The molecule has 0 atom stereocenters. The summed E-state index contributed by atoms with van der Waals surface area (Å²) in [7, 11) is 1.73. The Morgan fingerprint density at radius 3 is 2.50 bits per heavy atom. The molecule has 3 heterocycles. The van der Waals surface area contributed by atoms with Gasteiger partial charge in [0.25, 0.3) is 5.91 Å². The maximum atomic E-state index is 14.4. The van der Waals surface area contributed by atoms with Gasteiger partial charge in [0.15, 0.2) is 5.82 Å². The number of ether oxygens (including phenoxy) is 1. The molecule has 0 radical (unpaired) electrons. The average molecular weight is 610 g/mol. The predicted octanol–water partition coefficient (Wildman–Crippen LogP) is 7.15. The number of halogens is 5. The van der Waals surface area contributed by atoms with Gasteiger partial charge in [-0.2, -0.15) is 13.2 Å². The van der Waals surface area contributed by atoms with Gasteiger partial charge in [0, 0.05) is 29.8 Å². The average Bonchev–Trinajstić information content (AvgIpc) is 3.65. The lowest BCUT2D eigenvalue weighted by atomic mass is 9.83. The molecule has 1 amide bonds. The third-order valence-electron chi connectivity index (χ3n) is 8.63. The van der Waals surface area contributed by atoms with Crippen LogP contribution in [0.15, 0.2) is 48.8 Å². The highest BCUT2D eigenvalue weighted by Crippen LogP contribution is 2.44. The number of alkyl halides is 4. The molecule has 228 valence electrons. The van der Waals surface area contributed by atoms with Gasteiger partial charge < -0.3 is 9.30 Å². The molecule has 0 N–H and O–H groups in total. The van der Waals surface area contributed by atoms with E-state index in [1.54, 1.807) is 23.7 Å². The fourth-order valence-electron chi connectivity index (χ4n) is 5.95. The van der Waals surface area contributed by atoms with Crippen molar-refractivity contribution in [1.82, 2.24) is 19.7 Å². The minimum Gasteiger partial charge on any atom is -0.373 e. The molecule has 12 heteroatoms. The van der Waals surface area contributed by atoms with Crippen molar-refractivity contribution in [3.8, 4) is 22.5 Å². The van der Waals surface area contributed by atoms with E-state index in [1.807, 2.05) is 6.07 Å². The molecule has 7 nitrogen and oxygen atoms in total. The van der Waals surface area contributed by atoms with Crippen LogP contribution in [0.25, 0.3) is 22.5 Å². The maximum absolute atomic E-state index is 14.4. The summed E-state index contributed by atoms with van der Waals surface area (Å²) in [5, 5.41) is 8.04. The lowest BCUT2D eigenvalue weighted by Gasteiger charge is -2.33. The fourth-order valence-corrected chi connectivity index (χ4v) is 5.95. The first-order chi connectivity index (χ1) is 21.0. The molecule has 7 rings (SSSR count). The molecule has 0 spiro atoms. The smallest absolute Gasteiger partial charge is 0.373 e. The molecule has 4 aromatic rings. The first kappa shape index (κ1) is 28.6. The molecule has 2 aromatic heterocycles. The van der Waals surface area contributed by atoms with Gasteiger partial charge in [0.05, 0.1) is 25.3 Å². The van der Waals surface area contributed by atoms with Gasteiger partial charge in [0.1, 0.15) is 23.6 Å². The van der Waals surface area contributed by atoms with Crippen molar-refractivity contribution in [2.45, 2.75) is 63.0 Å². The summed E-state index contributed by atoms with van der Waals surface area (Å²) in [6.45, 7) is -0.770. The summed E-state index contributed by atoms with van der Waals surface area (Å²) in [5.41, 5.74) is -0.0310. The number of aryl methyl sites for hydroxylation is 1. The molecular formula is C32H28F5N5O2. The van der Waals surface area contributed by atoms with Gasteiger partial charge in [-0.3, -0.25) is 9.69 Å². The van der Waals surface area contributed by atoms with Crippen molar-refractivity contribution in [2.24, 2.45) is 7.05 Å². The van der Waals surface area contributed by atoms with Crippen LogP contribution in [0, 0.1) is 5.82 Å². The summed E-state index contributed by atoms with van der Waals surface area (Å²) in [6, 6.07) is 10.2. The Kier molecular flexibility index (Phi) is 6.80. The number of rotatable bonds is 8. The number of anilines is 1. The van der Waals surface area contributed by atoms with Gasteiger partial charge in [0.2, 0.25) is 0 Å². The number of aromatic nitrogens is 4. The van der Waals surface area contributed by atoms with Crippen LogP contribution >= 0.6 is 0 Å². The summed E-state index contributed by atoms with van der Waals surface area (Å²) in [4.78, 5) is 19.7. The third-order valence-corrected chi connectivity index (χ3v) is 8.63. The number of hydrogen-bond donors (Lipinski definition) is 0. The lowest BCUT2D eigenvalue weighted by molar-refractivity contribution is -0.138.